The Kier molecular flexibility index (Phi) is 5.13. The van der Waals surface area contributed by atoms with Gasteiger partial charge in [-0.05, 0) is 38.1 Å². The summed E-state index contributed by atoms with van der Waals surface area (Å²) in [6.45, 7) is 4.21. The smallest absolute Gasteiger partial charge is 0.131 e. The molecule has 0 bridgehead atoms. The predicted octanol–water partition coefficient (Wildman–Crippen LogP) is 1.71. The molecule has 0 saturated carbocycles. The number of hydrogen-bond donors (Lipinski definition) is 1. The van der Waals surface area contributed by atoms with E-state index in [1.807, 2.05) is 23.0 Å². The maximum absolute atomic E-state index is 9.16. The van der Waals surface area contributed by atoms with Gasteiger partial charge in [0.1, 0.15) is 5.69 Å². The zero-order chi connectivity index (χ0) is 15.2. The molecular weight excluding hydrogens is 278 g/mol. The van der Waals surface area contributed by atoms with Crippen LogP contribution in [0.4, 0.5) is 0 Å². The fourth-order valence-electron chi connectivity index (χ4n) is 2.84. The Labute approximate surface area is 130 Å². The second-order valence-corrected chi connectivity index (χ2v) is 5.79. The maximum atomic E-state index is 9.16. The molecule has 1 N–H and O–H groups in total. The quantitative estimate of drug-likeness (QED) is 0.910. The third-order valence-electron chi connectivity index (χ3n) is 4.11. The molecule has 3 heterocycles. The highest BCUT2D eigenvalue weighted by atomic mass is 16.3. The van der Waals surface area contributed by atoms with Crippen molar-refractivity contribution < 1.29 is 5.11 Å². The van der Waals surface area contributed by atoms with Crippen molar-refractivity contribution in [2.45, 2.75) is 38.8 Å². The van der Waals surface area contributed by atoms with E-state index in [4.69, 9.17) is 5.11 Å². The topological polar surface area (TPSA) is 67.1 Å². The largest absolute Gasteiger partial charge is 0.390 e. The first-order chi connectivity index (χ1) is 10.8. The van der Waals surface area contributed by atoms with Gasteiger partial charge in [0, 0.05) is 6.54 Å². The van der Waals surface area contributed by atoms with E-state index in [9.17, 15) is 0 Å². The van der Waals surface area contributed by atoms with Crippen LogP contribution in [-0.2, 0) is 13.2 Å². The highest BCUT2D eigenvalue weighted by molar-refractivity contribution is 5.52. The first-order valence-corrected chi connectivity index (χ1v) is 8.05. The zero-order valence-corrected chi connectivity index (χ0v) is 12.9. The monoisotopic (exact) mass is 301 g/mol. The number of hydrogen-bond acceptors (Lipinski definition) is 5. The van der Waals surface area contributed by atoms with Crippen LogP contribution in [0, 0.1) is 0 Å². The van der Waals surface area contributed by atoms with Crippen LogP contribution in [0.1, 0.15) is 31.4 Å². The van der Waals surface area contributed by atoms with Crippen LogP contribution in [-0.4, -0.2) is 49.6 Å². The van der Waals surface area contributed by atoms with E-state index in [0.717, 1.165) is 24.5 Å². The Morgan fingerprint density at radius 2 is 1.82 bits per heavy atom. The highest BCUT2D eigenvalue weighted by Gasteiger charge is 2.10. The summed E-state index contributed by atoms with van der Waals surface area (Å²) in [6.07, 6.45) is 7.26. The van der Waals surface area contributed by atoms with Gasteiger partial charge in [0.25, 0.3) is 0 Å². The van der Waals surface area contributed by atoms with E-state index < -0.39 is 0 Å². The summed E-state index contributed by atoms with van der Waals surface area (Å²) in [5.74, 6) is 0. The number of nitrogens with zero attached hydrogens (tertiary/aromatic N) is 5. The summed E-state index contributed by atoms with van der Waals surface area (Å²) in [7, 11) is 0. The van der Waals surface area contributed by atoms with Gasteiger partial charge in [0.15, 0.2) is 0 Å². The van der Waals surface area contributed by atoms with Gasteiger partial charge >= 0.3 is 0 Å². The second kappa shape index (κ2) is 7.47. The van der Waals surface area contributed by atoms with Gasteiger partial charge in [-0.3, -0.25) is 4.68 Å². The van der Waals surface area contributed by atoms with Gasteiger partial charge in [0.2, 0.25) is 0 Å². The lowest BCUT2D eigenvalue weighted by Crippen LogP contribution is -2.28. The molecule has 0 unspecified atom stereocenters. The minimum atomic E-state index is -0.0586. The first-order valence-electron chi connectivity index (χ1n) is 8.05. The molecule has 6 heteroatoms. The molecule has 2 aromatic heterocycles. The Morgan fingerprint density at radius 3 is 2.59 bits per heavy atom. The van der Waals surface area contributed by atoms with Crippen molar-refractivity contribution in [1.29, 1.82) is 0 Å². The Bertz CT molecular complexity index is 590. The molecule has 0 aromatic carbocycles. The maximum Gasteiger partial charge on any atom is 0.131 e. The van der Waals surface area contributed by atoms with E-state index in [1.54, 1.807) is 6.07 Å². The molecule has 6 nitrogen and oxygen atoms in total. The fourth-order valence-corrected chi connectivity index (χ4v) is 2.84. The number of likely N-dealkylation sites (tertiary alicyclic amines) is 1. The minimum absolute atomic E-state index is 0.0586. The molecule has 0 aliphatic carbocycles. The number of rotatable bonds is 5. The molecule has 0 radical (unpaired) electrons. The van der Waals surface area contributed by atoms with E-state index in [1.165, 1.54) is 38.8 Å². The van der Waals surface area contributed by atoms with Crippen LogP contribution in [0.25, 0.3) is 11.4 Å². The molecule has 1 saturated heterocycles. The van der Waals surface area contributed by atoms with Gasteiger partial charge in [-0.1, -0.05) is 24.1 Å². The Hall–Kier alpha value is -1.79. The number of aliphatic hydroxyl groups excluding tert-OH is 1. The van der Waals surface area contributed by atoms with Crippen LogP contribution in [0.3, 0.4) is 0 Å². The fraction of sp³-hybridized carbons (Fsp3) is 0.562. The molecule has 1 fully saturated rings. The molecule has 0 amide bonds. The van der Waals surface area contributed by atoms with Crippen molar-refractivity contribution >= 4 is 0 Å². The average molecular weight is 301 g/mol. The molecule has 0 spiro atoms. The number of aliphatic hydroxyl groups is 1. The van der Waals surface area contributed by atoms with Crippen LogP contribution >= 0.6 is 0 Å². The molecule has 1 aliphatic rings. The lowest BCUT2D eigenvalue weighted by molar-refractivity contribution is 0.267. The normalized spacial score (nSPS) is 16.6. The SMILES string of the molecule is OCc1cccc(-c2cn(CCN3CCCCCC3)nn2)n1. The summed E-state index contributed by atoms with van der Waals surface area (Å²) < 4.78 is 1.88. The summed E-state index contributed by atoms with van der Waals surface area (Å²) in [4.78, 5) is 6.87. The van der Waals surface area contributed by atoms with E-state index >= 15 is 0 Å². The van der Waals surface area contributed by atoms with Crippen molar-refractivity contribution in [3.8, 4) is 11.4 Å². The van der Waals surface area contributed by atoms with Gasteiger partial charge < -0.3 is 10.0 Å². The van der Waals surface area contributed by atoms with E-state index in [2.05, 4.69) is 20.2 Å². The summed E-state index contributed by atoms with van der Waals surface area (Å²) in [5.41, 5.74) is 2.16. The van der Waals surface area contributed by atoms with Gasteiger partial charge in [-0.2, -0.15) is 0 Å². The van der Waals surface area contributed by atoms with E-state index in [0.29, 0.717) is 5.69 Å². The molecule has 118 valence electrons. The lowest BCUT2D eigenvalue weighted by atomic mass is 10.2. The first kappa shape index (κ1) is 15.1. The summed E-state index contributed by atoms with van der Waals surface area (Å²) >= 11 is 0. The third-order valence-corrected chi connectivity index (χ3v) is 4.11. The highest BCUT2D eigenvalue weighted by Crippen LogP contribution is 2.14. The lowest BCUT2D eigenvalue weighted by Gasteiger charge is -2.19. The molecule has 22 heavy (non-hydrogen) atoms. The summed E-state index contributed by atoms with van der Waals surface area (Å²) in [5, 5.41) is 17.5. The molecule has 0 atom stereocenters. The second-order valence-electron chi connectivity index (χ2n) is 5.79. The molecule has 2 aromatic rings. The molecular formula is C16H23N5O. The van der Waals surface area contributed by atoms with Gasteiger partial charge in [0.05, 0.1) is 30.7 Å². The van der Waals surface area contributed by atoms with Gasteiger partial charge in [-0.25, -0.2) is 4.98 Å². The molecule has 3 rings (SSSR count). The summed E-state index contributed by atoms with van der Waals surface area (Å²) in [6, 6.07) is 5.57. The zero-order valence-electron chi connectivity index (χ0n) is 12.9. The standard InChI is InChI=1S/C16H23N5O/c22-13-14-6-5-7-15(17-14)16-12-21(19-18-16)11-10-20-8-3-1-2-4-9-20/h5-7,12,22H,1-4,8-11,13H2. The number of aromatic nitrogens is 4. The van der Waals surface area contributed by atoms with Crippen molar-refractivity contribution in [3.63, 3.8) is 0 Å². The van der Waals surface area contributed by atoms with Crippen LogP contribution in [0.5, 0.6) is 0 Å². The van der Waals surface area contributed by atoms with E-state index in [-0.39, 0.29) is 6.61 Å². The van der Waals surface area contributed by atoms with Crippen molar-refractivity contribution in [3.05, 3.63) is 30.1 Å². The van der Waals surface area contributed by atoms with Crippen molar-refractivity contribution in [2.24, 2.45) is 0 Å². The van der Waals surface area contributed by atoms with Gasteiger partial charge in [-0.15, -0.1) is 5.10 Å². The third kappa shape index (κ3) is 3.90. The van der Waals surface area contributed by atoms with Crippen molar-refractivity contribution in [1.82, 2.24) is 24.9 Å². The Balaban J connectivity index is 1.60. The number of pyridine rings is 1. The Morgan fingerprint density at radius 1 is 1.00 bits per heavy atom. The van der Waals surface area contributed by atoms with Crippen LogP contribution < -0.4 is 0 Å². The molecule has 1 aliphatic heterocycles. The van der Waals surface area contributed by atoms with Crippen molar-refractivity contribution in [2.75, 3.05) is 19.6 Å². The predicted molar refractivity (Wildman–Crippen MR) is 84.1 cm³/mol. The van der Waals surface area contributed by atoms with Crippen LogP contribution in [0.15, 0.2) is 24.4 Å². The van der Waals surface area contributed by atoms with Crippen LogP contribution in [0.2, 0.25) is 0 Å². The minimum Gasteiger partial charge on any atom is -0.390 e. The average Bonchev–Trinajstić information content (AvgIpc) is 2.89.